The second kappa shape index (κ2) is 4.86. The first kappa shape index (κ1) is 17.9. The smallest absolute Gasteiger partial charge is 0.234 e. The van der Waals surface area contributed by atoms with Gasteiger partial charge in [-0.25, -0.2) is 0 Å². The zero-order chi connectivity index (χ0) is 19.3. The second-order valence-electron chi connectivity index (χ2n) is 9.66. The van der Waals surface area contributed by atoms with Crippen LogP contribution in [0.2, 0.25) is 0 Å². The summed E-state index contributed by atoms with van der Waals surface area (Å²) in [5, 5.41) is 0. The molecule has 2 saturated carbocycles. The predicted molar refractivity (Wildman–Crippen MR) is 94.3 cm³/mol. The molecular formula is C21H28O5. The van der Waals surface area contributed by atoms with Crippen molar-refractivity contribution in [1.82, 2.24) is 0 Å². The van der Waals surface area contributed by atoms with E-state index in [1.54, 1.807) is 0 Å². The largest absolute Gasteiger partial charge is 0.492 e. The SMILES string of the molecule is COC1=C(C(C)C)C(=O)[C@]23O[C@@]2(C1=O)[C@@]1(C)CCCC(C)(C)[C@H]1CC3=O. The summed E-state index contributed by atoms with van der Waals surface area (Å²) in [6.07, 6.45) is 3.05. The summed E-state index contributed by atoms with van der Waals surface area (Å²) < 4.78 is 11.5. The summed E-state index contributed by atoms with van der Waals surface area (Å²) in [5.74, 6) is -0.974. The molecule has 5 heteroatoms. The molecule has 3 fully saturated rings. The van der Waals surface area contributed by atoms with Crippen molar-refractivity contribution < 1.29 is 23.9 Å². The number of methoxy groups -OCH3 is 1. The average molecular weight is 360 g/mol. The molecule has 0 aromatic heterocycles. The van der Waals surface area contributed by atoms with Crippen LogP contribution in [0.3, 0.4) is 0 Å². The van der Waals surface area contributed by atoms with Gasteiger partial charge in [-0.15, -0.1) is 0 Å². The molecule has 1 heterocycles. The number of ketones is 3. The van der Waals surface area contributed by atoms with Gasteiger partial charge in [0.15, 0.2) is 17.1 Å². The van der Waals surface area contributed by atoms with Gasteiger partial charge < -0.3 is 9.47 Å². The van der Waals surface area contributed by atoms with Gasteiger partial charge in [0.25, 0.3) is 0 Å². The van der Waals surface area contributed by atoms with E-state index in [1.807, 2.05) is 20.8 Å². The van der Waals surface area contributed by atoms with Gasteiger partial charge in [-0.05, 0) is 30.1 Å². The van der Waals surface area contributed by atoms with Crippen molar-refractivity contribution in [3.05, 3.63) is 11.3 Å². The van der Waals surface area contributed by atoms with Crippen LogP contribution in [0.5, 0.6) is 0 Å². The minimum absolute atomic E-state index is 0.0160. The van der Waals surface area contributed by atoms with Crippen molar-refractivity contribution in [2.24, 2.45) is 22.7 Å². The van der Waals surface area contributed by atoms with Crippen molar-refractivity contribution >= 4 is 17.3 Å². The molecule has 0 spiro atoms. The maximum Gasteiger partial charge on any atom is 0.234 e. The zero-order valence-corrected chi connectivity index (χ0v) is 16.5. The number of hydrogen-bond acceptors (Lipinski definition) is 5. The van der Waals surface area contributed by atoms with Gasteiger partial charge in [-0.3, -0.25) is 14.4 Å². The molecule has 1 aliphatic heterocycles. The number of carbonyl (C=O) groups excluding carboxylic acids is 3. The van der Waals surface area contributed by atoms with E-state index in [0.29, 0.717) is 12.0 Å². The number of Topliss-reactive ketones (excluding diaryl/α,β-unsaturated/α-hetero) is 3. The first-order valence-corrected chi connectivity index (χ1v) is 9.62. The van der Waals surface area contributed by atoms with Crippen LogP contribution in [-0.2, 0) is 23.9 Å². The Balaban J connectivity index is 1.97. The lowest BCUT2D eigenvalue weighted by atomic mass is 9.44. The third kappa shape index (κ3) is 1.61. The number of carbonyl (C=O) groups is 3. The van der Waals surface area contributed by atoms with E-state index in [0.717, 1.165) is 19.3 Å². The molecular weight excluding hydrogens is 332 g/mol. The van der Waals surface area contributed by atoms with Crippen LogP contribution in [0, 0.1) is 22.7 Å². The summed E-state index contributed by atoms with van der Waals surface area (Å²) in [4.78, 5) is 40.3. The fourth-order valence-electron chi connectivity index (χ4n) is 6.45. The van der Waals surface area contributed by atoms with E-state index < -0.39 is 16.6 Å². The third-order valence-corrected chi connectivity index (χ3v) is 7.69. The molecule has 4 atom stereocenters. The van der Waals surface area contributed by atoms with Gasteiger partial charge in [0.1, 0.15) is 0 Å². The number of hydrogen-bond donors (Lipinski definition) is 0. The van der Waals surface area contributed by atoms with Crippen molar-refractivity contribution in [2.45, 2.75) is 71.5 Å². The number of fused-ring (bicyclic) bond motifs is 1. The van der Waals surface area contributed by atoms with Crippen molar-refractivity contribution in [3.8, 4) is 0 Å². The highest BCUT2D eigenvalue weighted by molar-refractivity contribution is 6.33. The third-order valence-electron chi connectivity index (χ3n) is 7.69. The molecule has 0 unspecified atom stereocenters. The Labute approximate surface area is 154 Å². The summed E-state index contributed by atoms with van der Waals surface area (Å²) in [7, 11) is 1.42. The Morgan fingerprint density at radius 3 is 2.31 bits per heavy atom. The molecule has 4 aliphatic rings. The van der Waals surface area contributed by atoms with Crippen LogP contribution < -0.4 is 0 Å². The molecule has 0 aromatic rings. The Morgan fingerprint density at radius 2 is 1.73 bits per heavy atom. The van der Waals surface area contributed by atoms with Gasteiger partial charge in [0.2, 0.25) is 17.2 Å². The Morgan fingerprint density at radius 1 is 1.08 bits per heavy atom. The topological polar surface area (TPSA) is 73.0 Å². The molecule has 26 heavy (non-hydrogen) atoms. The summed E-state index contributed by atoms with van der Waals surface area (Å²) in [6.45, 7) is 10.1. The molecule has 142 valence electrons. The van der Waals surface area contributed by atoms with Crippen molar-refractivity contribution in [3.63, 3.8) is 0 Å². The molecule has 4 rings (SSSR count). The fraction of sp³-hybridized carbons (Fsp3) is 0.762. The first-order chi connectivity index (χ1) is 12.0. The quantitative estimate of drug-likeness (QED) is 0.559. The Hall–Kier alpha value is -1.49. The molecule has 3 aliphatic carbocycles. The van der Waals surface area contributed by atoms with E-state index in [-0.39, 0.29) is 40.4 Å². The molecule has 0 radical (unpaired) electrons. The predicted octanol–water partition coefficient (Wildman–Crippen LogP) is 3.01. The van der Waals surface area contributed by atoms with Crippen LogP contribution in [-0.4, -0.2) is 35.7 Å². The maximum atomic E-state index is 13.6. The van der Waals surface area contributed by atoms with Crippen molar-refractivity contribution in [2.75, 3.05) is 7.11 Å². The second-order valence-corrected chi connectivity index (χ2v) is 9.66. The van der Waals surface area contributed by atoms with Crippen LogP contribution in [0.25, 0.3) is 0 Å². The van der Waals surface area contributed by atoms with E-state index in [9.17, 15) is 14.4 Å². The zero-order valence-electron chi connectivity index (χ0n) is 16.5. The summed E-state index contributed by atoms with van der Waals surface area (Å²) >= 11 is 0. The summed E-state index contributed by atoms with van der Waals surface area (Å²) in [5.41, 5.74) is -3.30. The van der Waals surface area contributed by atoms with Gasteiger partial charge in [0, 0.05) is 17.4 Å². The minimum Gasteiger partial charge on any atom is -0.492 e. The van der Waals surface area contributed by atoms with Gasteiger partial charge >= 0.3 is 0 Å². The van der Waals surface area contributed by atoms with E-state index >= 15 is 0 Å². The molecule has 5 nitrogen and oxygen atoms in total. The van der Waals surface area contributed by atoms with Gasteiger partial charge in [-0.1, -0.05) is 41.0 Å². The van der Waals surface area contributed by atoms with E-state index in [4.69, 9.17) is 9.47 Å². The number of rotatable bonds is 2. The van der Waals surface area contributed by atoms with E-state index in [2.05, 4.69) is 13.8 Å². The minimum atomic E-state index is -1.61. The molecule has 0 N–H and O–H groups in total. The summed E-state index contributed by atoms with van der Waals surface area (Å²) in [6, 6.07) is 0. The Bertz CT molecular complexity index is 775. The van der Waals surface area contributed by atoms with Gasteiger partial charge in [0.05, 0.1) is 7.11 Å². The van der Waals surface area contributed by atoms with Crippen LogP contribution >= 0.6 is 0 Å². The molecule has 0 aromatic carbocycles. The highest BCUT2D eigenvalue weighted by Crippen LogP contribution is 2.74. The Kier molecular flexibility index (Phi) is 3.35. The number of ether oxygens (including phenoxy) is 2. The van der Waals surface area contributed by atoms with E-state index in [1.165, 1.54) is 7.11 Å². The molecule has 1 saturated heterocycles. The maximum absolute atomic E-state index is 13.6. The van der Waals surface area contributed by atoms with Crippen molar-refractivity contribution in [1.29, 1.82) is 0 Å². The lowest BCUT2D eigenvalue weighted by Crippen LogP contribution is -2.66. The lowest BCUT2D eigenvalue weighted by Gasteiger charge is -2.56. The lowest BCUT2D eigenvalue weighted by molar-refractivity contribution is -0.151. The number of epoxide rings is 1. The highest BCUT2D eigenvalue weighted by Gasteiger charge is 2.93. The average Bonchev–Trinajstić information content (AvgIpc) is 3.28. The monoisotopic (exact) mass is 360 g/mol. The first-order valence-electron chi connectivity index (χ1n) is 9.62. The fourth-order valence-corrected chi connectivity index (χ4v) is 6.45. The van der Waals surface area contributed by atoms with Gasteiger partial charge in [-0.2, -0.15) is 0 Å². The standard InChI is InChI=1S/C21H28O5/c1-11(2)14-15(25-6)17(24)21-19(5)9-7-8-18(3,4)12(19)10-13(22)20(21,26-21)16(14)23/h11-12H,7-10H2,1-6H3/t12-,19+,20+,21+/m1/s1. The highest BCUT2D eigenvalue weighted by atomic mass is 16.7. The van der Waals surface area contributed by atoms with Crippen LogP contribution in [0.4, 0.5) is 0 Å². The van der Waals surface area contributed by atoms with Crippen LogP contribution in [0.1, 0.15) is 60.3 Å². The molecule has 0 bridgehead atoms. The molecule has 0 amide bonds. The normalized spacial score (nSPS) is 43.8. The van der Waals surface area contributed by atoms with Crippen LogP contribution in [0.15, 0.2) is 11.3 Å².